The molecule has 3 N–H and O–H groups in total. The summed E-state index contributed by atoms with van der Waals surface area (Å²) in [6.07, 6.45) is 9.58. The highest BCUT2D eigenvalue weighted by Gasteiger charge is 2.27. The van der Waals surface area contributed by atoms with E-state index >= 15 is 0 Å². The zero-order chi connectivity index (χ0) is 23.2. The molecule has 0 saturated heterocycles. The topological polar surface area (TPSA) is 114 Å². The van der Waals surface area contributed by atoms with Crippen LogP contribution in [0.5, 0.6) is 0 Å². The van der Waals surface area contributed by atoms with E-state index in [4.69, 9.17) is 10.3 Å². The predicted molar refractivity (Wildman–Crippen MR) is 123 cm³/mol. The molecule has 0 saturated carbocycles. The lowest BCUT2D eigenvalue weighted by molar-refractivity contribution is 0.0656. The number of aliphatic imine (C=N–C) groups is 1. The van der Waals surface area contributed by atoms with Crippen molar-refractivity contribution in [3.05, 3.63) is 41.1 Å². The third-order valence-corrected chi connectivity index (χ3v) is 5.24. The highest BCUT2D eigenvalue weighted by molar-refractivity contribution is 6.14. The second-order valence-corrected chi connectivity index (χ2v) is 9.68. The van der Waals surface area contributed by atoms with Gasteiger partial charge in [0.25, 0.3) is 5.91 Å². The Labute approximate surface area is 185 Å². The van der Waals surface area contributed by atoms with Crippen molar-refractivity contribution in [1.82, 2.24) is 15.3 Å². The van der Waals surface area contributed by atoms with Gasteiger partial charge in [-0.2, -0.15) is 5.26 Å². The number of rotatable bonds is 8. The summed E-state index contributed by atoms with van der Waals surface area (Å²) in [6, 6.07) is 1.81. The minimum absolute atomic E-state index is 0.0844. The van der Waals surface area contributed by atoms with Crippen molar-refractivity contribution < 1.29 is 9.90 Å². The molecule has 0 fully saturated rings. The maximum atomic E-state index is 12.8. The van der Waals surface area contributed by atoms with Gasteiger partial charge >= 0.3 is 0 Å². The van der Waals surface area contributed by atoms with Crippen LogP contribution in [0.2, 0.25) is 0 Å². The Balaban J connectivity index is 2.40. The van der Waals surface area contributed by atoms with Gasteiger partial charge in [0.05, 0.1) is 29.2 Å². The summed E-state index contributed by atoms with van der Waals surface area (Å²) in [6.45, 7) is 12.0. The quantitative estimate of drug-likeness (QED) is 0.534. The molecule has 0 aromatic carbocycles. The lowest BCUT2D eigenvalue weighted by Crippen LogP contribution is -2.32. The molecule has 0 aliphatic heterocycles. The average Bonchev–Trinajstić information content (AvgIpc) is 3.14. The number of H-pyrrole nitrogens is 1. The number of imidazole rings is 1. The number of carbonyl (C=O) groups excluding carboxylic acids is 1. The molecule has 1 heterocycles. The van der Waals surface area contributed by atoms with E-state index in [9.17, 15) is 9.90 Å². The summed E-state index contributed by atoms with van der Waals surface area (Å²) >= 11 is 0. The number of aromatic nitrogens is 2. The molecule has 1 amide bonds. The number of nitriles is 1. The summed E-state index contributed by atoms with van der Waals surface area (Å²) < 4.78 is 0. The number of amides is 1. The van der Waals surface area contributed by atoms with Gasteiger partial charge in [-0.1, -0.05) is 32.9 Å². The van der Waals surface area contributed by atoms with Gasteiger partial charge in [0.15, 0.2) is 5.82 Å². The third kappa shape index (κ3) is 7.48. The van der Waals surface area contributed by atoms with Crippen LogP contribution < -0.4 is 5.32 Å². The lowest BCUT2D eigenvalue weighted by Gasteiger charge is -2.30. The van der Waals surface area contributed by atoms with E-state index in [0.29, 0.717) is 12.1 Å². The van der Waals surface area contributed by atoms with Gasteiger partial charge in [-0.3, -0.25) is 9.79 Å². The molecular weight excluding hydrogens is 390 g/mol. The molecule has 1 atom stereocenters. The zero-order valence-electron chi connectivity index (χ0n) is 19.5. The fourth-order valence-corrected chi connectivity index (χ4v) is 3.69. The molecule has 1 unspecified atom stereocenters. The monoisotopic (exact) mass is 425 g/mol. The molecule has 168 valence electrons. The first-order valence-electron chi connectivity index (χ1n) is 10.9. The summed E-state index contributed by atoms with van der Waals surface area (Å²) in [5.41, 5.74) is 2.14. The molecule has 0 radical (unpaired) electrons. The second-order valence-electron chi connectivity index (χ2n) is 9.68. The van der Waals surface area contributed by atoms with Gasteiger partial charge in [0.1, 0.15) is 11.8 Å². The van der Waals surface area contributed by atoms with Crippen molar-refractivity contribution in [2.24, 2.45) is 10.4 Å². The van der Waals surface area contributed by atoms with Gasteiger partial charge < -0.3 is 15.4 Å². The first-order chi connectivity index (χ1) is 14.4. The van der Waals surface area contributed by atoms with E-state index in [-0.39, 0.29) is 23.0 Å². The number of hydrogen-bond donors (Lipinski definition) is 3. The van der Waals surface area contributed by atoms with Crippen molar-refractivity contribution in [3.63, 3.8) is 0 Å². The normalized spacial score (nSPS) is 18.2. The van der Waals surface area contributed by atoms with Crippen molar-refractivity contribution in [2.75, 3.05) is 0 Å². The molecule has 7 nitrogen and oxygen atoms in total. The van der Waals surface area contributed by atoms with Gasteiger partial charge in [-0.25, -0.2) is 4.98 Å². The van der Waals surface area contributed by atoms with Crippen LogP contribution in [0.1, 0.15) is 90.0 Å². The van der Waals surface area contributed by atoms with Gasteiger partial charge in [-0.15, -0.1) is 0 Å². The van der Waals surface area contributed by atoms with E-state index in [1.807, 2.05) is 26.0 Å². The van der Waals surface area contributed by atoms with Crippen molar-refractivity contribution in [2.45, 2.75) is 85.3 Å². The third-order valence-electron chi connectivity index (χ3n) is 5.24. The van der Waals surface area contributed by atoms with Crippen LogP contribution in [-0.2, 0) is 0 Å². The van der Waals surface area contributed by atoms with E-state index in [2.05, 4.69) is 35.2 Å². The van der Waals surface area contributed by atoms with E-state index in [1.54, 1.807) is 13.8 Å². The Bertz CT molecular complexity index is 923. The molecule has 0 spiro atoms. The Morgan fingerprint density at radius 1 is 1.52 bits per heavy atom. The Morgan fingerprint density at radius 2 is 2.23 bits per heavy atom. The minimum atomic E-state index is -0.837. The highest BCUT2D eigenvalue weighted by Crippen LogP contribution is 2.35. The van der Waals surface area contributed by atoms with Crippen molar-refractivity contribution in [3.8, 4) is 6.07 Å². The van der Waals surface area contributed by atoms with Crippen LogP contribution in [0.3, 0.4) is 0 Å². The predicted octanol–water partition coefficient (Wildman–Crippen LogP) is 4.43. The van der Waals surface area contributed by atoms with Crippen LogP contribution in [0.15, 0.2) is 34.6 Å². The average molecular weight is 426 g/mol. The van der Waals surface area contributed by atoms with Gasteiger partial charge in [0.2, 0.25) is 0 Å². The fraction of sp³-hybridized carbons (Fsp3) is 0.583. The SMILES string of the molecule is CC/C=C(/NC(=O)c1ncc(C#N)[nH]1)C(=NC(C)CC(C)(C)O)C1=CCC(C)(C)CC1. The number of hydrogen-bond acceptors (Lipinski definition) is 5. The summed E-state index contributed by atoms with van der Waals surface area (Å²) in [7, 11) is 0. The second kappa shape index (κ2) is 10.1. The summed E-state index contributed by atoms with van der Waals surface area (Å²) in [4.78, 5) is 24.4. The molecule has 0 bridgehead atoms. The number of aromatic amines is 1. The molecule has 1 aliphatic rings. The van der Waals surface area contributed by atoms with Crippen LogP contribution in [0, 0.1) is 16.7 Å². The van der Waals surface area contributed by atoms with Gasteiger partial charge in [-0.05, 0) is 63.9 Å². The Morgan fingerprint density at radius 3 is 2.74 bits per heavy atom. The van der Waals surface area contributed by atoms with Crippen molar-refractivity contribution in [1.29, 1.82) is 5.26 Å². The highest BCUT2D eigenvalue weighted by atomic mass is 16.3. The zero-order valence-corrected chi connectivity index (χ0v) is 19.5. The molecule has 1 aromatic heterocycles. The van der Waals surface area contributed by atoms with Crippen LogP contribution in [-0.4, -0.2) is 38.3 Å². The molecule has 7 heteroatoms. The van der Waals surface area contributed by atoms with Crippen LogP contribution >= 0.6 is 0 Å². The molecule has 31 heavy (non-hydrogen) atoms. The molecule has 1 aromatic rings. The Kier molecular flexibility index (Phi) is 7.96. The minimum Gasteiger partial charge on any atom is -0.390 e. The fourth-order valence-electron chi connectivity index (χ4n) is 3.69. The summed E-state index contributed by atoms with van der Waals surface area (Å²) in [5.74, 6) is -0.331. The van der Waals surface area contributed by atoms with Crippen LogP contribution in [0.4, 0.5) is 0 Å². The number of carbonyl (C=O) groups is 1. The van der Waals surface area contributed by atoms with E-state index < -0.39 is 11.5 Å². The smallest absolute Gasteiger partial charge is 0.291 e. The molecule has 1 aliphatic carbocycles. The first kappa shape index (κ1) is 24.5. The number of aliphatic hydroxyl groups is 1. The maximum absolute atomic E-state index is 12.8. The first-order valence-corrected chi connectivity index (χ1v) is 10.9. The number of nitrogens with zero attached hydrogens (tertiary/aromatic N) is 3. The largest absolute Gasteiger partial charge is 0.390 e. The number of allylic oxidation sites excluding steroid dienone is 3. The van der Waals surface area contributed by atoms with E-state index in [0.717, 1.165) is 37.0 Å². The maximum Gasteiger partial charge on any atom is 0.291 e. The Hall–Kier alpha value is -2.72. The standard InChI is InChI=1S/C24H35N5O2/c1-7-8-19(29-22(30)21-26-15-18(14-25)28-21)20(27-16(2)13-24(5,6)31)17-9-11-23(3,4)12-10-17/h8-9,15-16,31H,7,10-13H2,1-6H3,(H,26,28)(H,29,30)/b19-8+,27-20?. The van der Waals surface area contributed by atoms with E-state index in [1.165, 1.54) is 6.20 Å². The molecule has 2 rings (SSSR count). The van der Waals surface area contributed by atoms with Crippen molar-refractivity contribution >= 4 is 11.6 Å². The summed E-state index contributed by atoms with van der Waals surface area (Å²) in [5, 5.41) is 22.2. The number of nitrogens with one attached hydrogen (secondary N) is 2. The molecular formula is C24H35N5O2. The van der Waals surface area contributed by atoms with Crippen LogP contribution in [0.25, 0.3) is 0 Å². The van der Waals surface area contributed by atoms with Gasteiger partial charge in [0, 0.05) is 0 Å². The lowest BCUT2D eigenvalue weighted by atomic mass is 9.77.